The number of nitrogens with zero attached hydrogens (tertiary/aromatic N) is 2. The van der Waals surface area contributed by atoms with Crippen molar-refractivity contribution in [3.8, 4) is 11.8 Å². The molecule has 1 amide bonds. The molecule has 0 radical (unpaired) electrons. The highest BCUT2D eigenvalue weighted by atomic mass is 19.4. The van der Waals surface area contributed by atoms with E-state index >= 15 is 0 Å². The highest BCUT2D eigenvalue weighted by Crippen LogP contribution is 2.24. The van der Waals surface area contributed by atoms with Crippen molar-refractivity contribution in [2.24, 2.45) is 0 Å². The van der Waals surface area contributed by atoms with Gasteiger partial charge in [-0.25, -0.2) is 9.37 Å². The van der Waals surface area contributed by atoms with Gasteiger partial charge in [-0.15, -0.1) is 0 Å². The van der Waals surface area contributed by atoms with E-state index in [0.717, 1.165) is 26.2 Å². The highest BCUT2D eigenvalue weighted by Gasteiger charge is 2.41. The topological polar surface area (TPSA) is 33.2 Å². The molecule has 2 aromatic rings. The van der Waals surface area contributed by atoms with Gasteiger partial charge in [-0.3, -0.25) is 4.79 Å². The summed E-state index contributed by atoms with van der Waals surface area (Å²) in [6.07, 6.45) is -3.46. The van der Waals surface area contributed by atoms with Gasteiger partial charge >= 0.3 is 6.18 Å². The maximum Gasteiger partial charge on any atom is 0.408 e. The van der Waals surface area contributed by atoms with Crippen LogP contribution < -0.4 is 0 Å². The van der Waals surface area contributed by atoms with E-state index in [1.54, 1.807) is 24.3 Å². The lowest BCUT2D eigenvalue weighted by Gasteiger charge is -2.26. The molecule has 0 aliphatic carbocycles. The molecular weight excluding hydrogens is 336 g/mol. The molecule has 0 saturated carbocycles. The Kier molecular flexibility index (Phi) is 5.42. The number of benzene rings is 1. The second-order valence-electron chi connectivity index (χ2n) is 5.30. The third kappa shape index (κ3) is 4.57. The van der Waals surface area contributed by atoms with Crippen LogP contribution in [0.5, 0.6) is 0 Å². The number of rotatable bonds is 2. The molecule has 1 heterocycles. The summed E-state index contributed by atoms with van der Waals surface area (Å²) < 4.78 is 52.1. The van der Waals surface area contributed by atoms with Gasteiger partial charge in [0.1, 0.15) is 6.04 Å². The summed E-state index contributed by atoms with van der Waals surface area (Å²) in [5.74, 6) is 3.31. The Labute approximate surface area is 142 Å². The van der Waals surface area contributed by atoms with Crippen LogP contribution in [0.4, 0.5) is 17.6 Å². The predicted octanol–water partition coefficient (Wildman–Crippen LogP) is 3.64. The average molecular weight is 350 g/mol. The van der Waals surface area contributed by atoms with Gasteiger partial charge in [0.05, 0.1) is 0 Å². The molecule has 0 aliphatic rings. The molecule has 130 valence electrons. The Morgan fingerprint density at radius 3 is 2.32 bits per heavy atom. The number of aromatic nitrogens is 1. The molecule has 0 spiro atoms. The molecule has 0 saturated heterocycles. The first kappa shape index (κ1) is 18.5. The number of hydrogen-bond acceptors (Lipinski definition) is 2. The first-order valence-electron chi connectivity index (χ1n) is 7.26. The molecule has 0 aliphatic heterocycles. The second kappa shape index (κ2) is 7.34. The van der Waals surface area contributed by atoms with Gasteiger partial charge in [0, 0.05) is 24.4 Å². The Bertz CT molecular complexity index is 822. The minimum atomic E-state index is -4.61. The van der Waals surface area contributed by atoms with E-state index in [9.17, 15) is 22.4 Å². The molecule has 0 N–H and O–H groups in total. The Balaban J connectivity index is 2.22. The number of amides is 1. The van der Waals surface area contributed by atoms with Crippen LogP contribution in [-0.2, 0) is 0 Å². The first-order chi connectivity index (χ1) is 11.7. The molecule has 1 aromatic heterocycles. The molecule has 2 rings (SSSR count). The molecule has 0 bridgehead atoms. The normalized spacial score (nSPS) is 12.1. The van der Waals surface area contributed by atoms with Crippen molar-refractivity contribution in [2.75, 3.05) is 7.05 Å². The Morgan fingerprint density at radius 2 is 1.76 bits per heavy atom. The molecule has 1 aromatic carbocycles. The predicted molar refractivity (Wildman–Crippen MR) is 84.2 cm³/mol. The summed E-state index contributed by atoms with van der Waals surface area (Å²) in [5, 5.41) is 0. The van der Waals surface area contributed by atoms with Crippen molar-refractivity contribution in [1.82, 2.24) is 9.88 Å². The van der Waals surface area contributed by atoms with Crippen molar-refractivity contribution >= 4 is 5.91 Å². The number of halogens is 4. The van der Waals surface area contributed by atoms with E-state index in [0.29, 0.717) is 10.5 Å². The molecule has 1 unspecified atom stereocenters. The zero-order chi connectivity index (χ0) is 18.6. The van der Waals surface area contributed by atoms with Crippen molar-refractivity contribution in [3.05, 3.63) is 65.2 Å². The average Bonchev–Trinajstić information content (AvgIpc) is 2.58. The van der Waals surface area contributed by atoms with Gasteiger partial charge in [0.15, 0.2) is 11.5 Å². The van der Waals surface area contributed by atoms with Crippen LogP contribution >= 0.6 is 0 Å². The molecule has 3 nitrogen and oxygen atoms in total. The number of pyridine rings is 1. The lowest BCUT2D eigenvalue weighted by atomic mass is 10.2. The maximum absolute atomic E-state index is 14.1. The van der Waals surface area contributed by atoms with Gasteiger partial charge in [-0.05, 0) is 25.1 Å². The van der Waals surface area contributed by atoms with Crippen LogP contribution in [0, 0.1) is 17.7 Å². The fraction of sp³-hybridized carbons (Fsp3) is 0.222. The van der Waals surface area contributed by atoms with Gasteiger partial charge in [0.2, 0.25) is 0 Å². The summed E-state index contributed by atoms with van der Waals surface area (Å²) in [4.78, 5) is 16.1. The summed E-state index contributed by atoms with van der Waals surface area (Å²) in [6.45, 7) is 0.815. The van der Waals surface area contributed by atoms with E-state index in [-0.39, 0.29) is 5.56 Å². The van der Waals surface area contributed by atoms with Crippen molar-refractivity contribution in [1.29, 1.82) is 0 Å². The minimum absolute atomic E-state index is 0.212. The highest BCUT2D eigenvalue weighted by molar-refractivity contribution is 5.92. The van der Waals surface area contributed by atoms with Crippen LogP contribution in [-0.4, -0.2) is 35.1 Å². The maximum atomic E-state index is 14.1. The van der Waals surface area contributed by atoms with Gasteiger partial charge < -0.3 is 4.90 Å². The zero-order valence-electron chi connectivity index (χ0n) is 13.4. The van der Waals surface area contributed by atoms with E-state index in [1.807, 2.05) is 6.07 Å². The third-order valence-electron chi connectivity index (χ3n) is 3.54. The van der Waals surface area contributed by atoms with Crippen molar-refractivity contribution in [3.63, 3.8) is 0 Å². The standard InChI is InChI=1S/C18H14F4N2O/c1-12(18(20,21)22)24(2)17(25)16-15(19)10-14(11-23-16)9-8-13-6-4-3-5-7-13/h3-7,10-12H,1-2H3. The lowest BCUT2D eigenvalue weighted by Crippen LogP contribution is -2.45. The Hall–Kier alpha value is -2.88. The summed E-state index contributed by atoms with van der Waals surface area (Å²) >= 11 is 0. The third-order valence-corrected chi connectivity index (χ3v) is 3.54. The fourth-order valence-electron chi connectivity index (χ4n) is 1.89. The minimum Gasteiger partial charge on any atom is -0.328 e. The quantitative estimate of drug-likeness (QED) is 0.612. The van der Waals surface area contributed by atoms with Crippen molar-refractivity contribution in [2.45, 2.75) is 19.1 Å². The van der Waals surface area contributed by atoms with Crippen LogP contribution in [0.3, 0.4) is 0 Å². The number of carbonyl (C=O) groups excluding carboxylic acids is 1. The number of carbonyl (C=O) groups is 1. The fourth-order valence-corrected chi connectivity index (χ4v) is 1.89. The number of alkyl halides is 3. The molecule has 25 heavy (non-hydrogen) atoms. The zero-order valence-corrected chi connectivity index (χ0v) is 13.4. The summed E-state index contributed by atoms with van der Waals surface area (Å²) in [5.41, 5.74) is 0.245. The smallest absolute Gasteiger partial charge is 0.328 e. The van der Waals surface area contributed by atoms with E-state index in [1.165, 1.54) is 0 Å². The molecule has 1 atom stereocenters. The van der Waals surface area contributed by atoms with E-state index in [2.05, 4.69) is 16.8 Å². The molecular formula is C18H14F4N2O. The van der Waals surface area contributed by atoms with Crippen LogP contribution in [0.25, 0.3) is 0 Å². The number of hydrogen-bond donors (Lipinski definition) is 0. The van der Waals surface area contributed by atoms with Crippen LogP contribution in [0.15, 0.2) is 42.6 Å². The largest absolute Gasteiger partial charge is 0.408 e. The summed E-state index contributed by atoms with van der Waals surface area (Å²) in [7, 11) is 0.949. The van der Waals surface area contributed by atoms with Crippen LogP contribution in [0.2, 0.25) is 0 Å². The van der Waals surface area contributed by atoms with Gasteiger partial charge in [-0.1, -0.05) is 30.0 Å². The van der Waals surface area contributed by atoms with E-state index in [4.69, 9.17) is 0 Å². The Morgan fingerprint density at radius 1 is 1.16 bits per heavy atom. The van der Waals surface area contributed by atoms with Gasteiger partial charge in [0.25, 0.3) is 5.91 Å². The lowest BCUT2D eigenvalue weighted by molar-refractivity contribution is -0.169. The van der Waals surface area contributed by atoms with Crippen LogP contribution in [0.1, 0.15) is 28.5 Å². The monoisotopic (exact) mass is 350 g/mol. The first-order valence-corrected chi connectivity index (χ1v) is 7.26. The second-order valence-corrected chi connectivity index (χ2v) is 5.30. The molecule has 7 heteroatoms. The molecule has 0 fully saturated rings. The van der Waals surface area contributed by atoms with E-state index < -0.39 is 29.6 Å². The van der Waals surface area contributed by atoms with Crippen molar-refractivity contribution < 1.29 is 22.4 Å². The summed E-state index contributed by atoms with van der Waals surface area (Å²) in [6, 6.07) is 7.86. The van der Waals surface area contributed by atoms with Gasteiger partial charge in [-0.2, -0.15) is 13.2 Å². The SMILES string of the molecule is CC(N(C)C(=O)c1ncc(C#Cc2ccccc2)cc1F)C(F)(F)F.